The Labute approximate surface area is 189 Å². The Bertz CT molecular complexity index is 1270. The predicted molar refractivity (Wildman–Crippen MR) is 123 cm³/mol. The molecule has 0 unspecified atom stereocenters. The number of carbonyl (C=O) groups excluding carboxylic acids is 2. The first-order chi connectivity index (χ1) is 15.5. The first-order valence-electron chi connectivity index (χ1n) is 10.0. The molecule has 0 fully saturated rings. The van der Waals surface area contributed by atoms with Crippen LogP contribution >= 0.6 is 11.8 Å². The summed E-state index contributed by atoms with van der Waals surface area (Å²) in [4.78, 5) is 23.9. The van der Waals surface area contributed by atoms with E-state index in [1.807, 2.05) is 37.3 Å². The lowest BCUT2D eigenvalue weighted by atomic mass is 10.1. The van der Waals surface area contributed by atoms with Crippen molar-refractivity contribution in [1.29, 1.82) is 0 Å². The zero-order chi connectivity index (χ0) is 22.5. The Hall–Kier alpha value is -3.72. The number of Topliss-reactive ketones (excluding diaryl/α,β-unsaturated/α-hetero) is 1. The van der Waals surface area contributed by atoms with Gasteiger partial charge in [-0.15, -0.1) is 10.2 Å². The summed E-state index contributed by atoms with van der Waals surface area (Å²) in [6, 6.07) is 18.1. The van der Waals surface area contributed by atoms with E-state index in [2.05, 4.69) is 20.6 Å². The number of hydrogen-bond acceptors (Lipinski definition) is 7. The molecule has 0 spiro atoms. The van der Waals surface area contributed by atoms with Crippen LogP contribution in [0.2, 0.25) is 0 Å². The normalized spacial score (nSPS) is 10.8. The van der Waals surface area contributed by atoms with Gasteiger partial charge < -0.3 is 10.1 Å². The molecule has 2 aromatic heterocycles. The van der Waals surface area contributed by atoms with Crippen LogP contribution in [0.15, 0.2) is 65.7 Å². The molecule has 4 rings (SSSR count). The molecule has 9 heteroatoms. The van der Waals surface area contributed by atoms with E-state index < -0.39 is 0 Å². The number of fused-ring (bicyclic) bond motifs is 1. The van der Waals surface area contributed by atoms with Crippen LogP contribution in [0.5, 0.6) is 5.75 Å². The number of ketones is 1. The van der Waals surface area contributed by atoms with E-state index in [0.29, 0.717) is 34.4 Å². The van der Waals surface area contributed by atoms with Crippen molar-refractivity contribution < 1.29 is 14.3 Å². The van der Waals surface area contributed by atoms with Crippen LogP contribution in [0.3, 0.4) is 0 Å². The van der Waals surface area contributed by atoms with Gasteiger partial charge in [-0.25, -0.2) is 0 Å². The molecule has 1 amide bonds. The highest BCUT2D eigenvalue weighted by Gasteiger charge is 2.12. The van der Waals surface area contributed by atoms with E-state index in [4.69, 9.17) is 4.74 Å². The average molecular weight is 448 g/mol. The van der Waals surface area contributed by atoms with Gasteiger partial charge in [0.2, 0.25) is 5.91 Å². The Morgan fingerprint density at radius 2 is 1.88 bits per heavy atom. The molecule has 1 N–H and O–H groups in total. The summed E-state index contributed by atoms with van der Waals surface area (Å²) >= 11 is 1.30. The third-order valence-corrected chi connectivity index (χ3v) is 5.49. The van der Waals surface area contributed by atoms with Crippen LogP contribution in [0.1, 0.15) is 24.2 Å². The molecule has 2 aromatic carbocycles. The number of benzene rings is 2. The van der Waals surface area contributed by atoms with Crippen LogP contribution in [0, 0.1) is 0 Å². The summed E-state index contributed by atoms with van der Waals surface area (Å²) in [6.45, 7) is 4.03. The second-order valence-corrected chi connectivity index (χ2v) is 7.89. The molecule has 0 aliphatic carbocycles. The monoisotopic (exact) mass is 447 g/mol. The molecule has 4 aromatic rings. The van der Waals surface area contributed by atoms with Gasteiger partial charge in [0.25, 0.3) is 0 Å². The van der Waals surface area contributed by atoms with Crippen LogP contribution in [-0.4, -0.2) is 43.9 Å². The predicted octanol–water partition coefficient (Wildman–Crippen LogP) is 4.12. The second-order valence-electron chi connectivity index (χ2n) is 6.90. The van der Waals surface area contributed by atoms with Crippen molar-refractivity contribution >= 4 is 34.8 Å². The highest BCUT2D eigenvalue weighted by molar-refractivity contribution is 7.99. The van der Waals surface area contributed by atoms with Crippen LogP contribution in [0.4, 0.5) is 5.69 Å². The van der Waals surface area contributed by atoms with Crippen molar-refractivity contribution in [3.05, 3.63) is 66.2 Å². The van der Waals surface area contributed by atoms with Crippen molar-refractivity contribution in [2.24, 2.45) is 0 Å². The smallest absolute Gasteiger partial charge is 0.234 e. The molecule has 0 saturated carbocycles. The van der Waals surface area contributed by atoms with Gasteiger partial charge in [0.15, 0.2) is 17.3 Å². The van der Waals surface area contributed by atoms with Crippen molar-refractivity contribution in [3.63, 3.8) is 0 Å². The van der Waals surface area contributed by atoms with E-state index in [0.717, 1.165) is 11.3 Å². The molecule has 0 aliphatic rings. The Morgan fingerprint density at radius 1 is 1.06 bits per heavy atom. The first kappa shape index (κ1) is 21.5. The summed E-state index contributed by atoms with van der Waals surface area (Å²) in [5, 5.41) is 16.5. The highest BCUT2D eigenvalue weighted by Crippen LogP contribution is 2.23. The van der Waals surface area contributed by atoms with E-state index in [1.54, 1.807) is 34.8 Å². The van der Waals surface area contributed by atoms with Gasteiger partial charge >= 0.3 is 0 Å². The lowest BCUT2D eigenvalue weighted by molar-refractivity contribution is -0.113. The van der Waals surface area contributed by atoms with Crippen LogP contribution < -0.4 is 10.1 Å². The number of thioether (sulfide) groups is 1. The Kier molecular flexibility index (Phi) is 6.46. The number of nitrogens with one attached hydrogen (secondary N) is 1. The second kappa shape index (κ2) is 9.61. The molecule has 0 atom stereocenters. The molecule has 0 radical (unpaired) electrons. The summed E-state index contributed by atoms with van der Waals surface area (Å²) in [5.41, 5.74) is 2.61. The highest BCUT2D eigenvalue weighted by atomic mass is 32.2. The maximum absolute atomic E-state index is 12.4. The summed E-state index contributed by atoms with van der Waals surface area (Å²) in [6.07, 6.45) is 0. The van der Waals surface area contributed by atoms with Gasteiger partial charge in [0.1, 0.15) is 10.8 Å². The molecule has 0 saturated heterocycles. The third-order valence-electron chi connectivity index (χ3n) is 4.57. The maximum Gasteiger partial charge on any atom is 0.234 e. The van der Waals surface area contributed by atoms with Crippen molar-refractivity contribution in [1.82, 2.24) is 19.8 Å². The number of amides is 1. The minimum absolute atomic E-state index is 0.0507. The van der Waals surface area contributed by atoms with Gasteiger partial charge in [0, 0.05) is 16.8 Å². The zero-order valence-corrected chi connectivity index (χ0v) is 18.4. The first-order valence-corrected chi connectivity index (χ1v) is 11.0. The maximum atomic E-state index is 12.4. The zero-order valence-electron chi connectivity index (χ0n) is 17.6. The largest absolute Gasteiger partial charge is 0.494 e. The molecule has 32 heavy (non-hydrogen) atoms. The van der Waals surface area contributed by atoms with Crippen molar-refractivity contribution in [2.45, 2.75) is 18.9 Å². The van der Waals surface area contributed by atoms with Crippen molar-refractivity contribution in [3.8, 4) is 17.1 Å². The van der Waals surface area contributed by atoms with Crippen LogP contribution in [-0.2, 0) is 4.79 Å². The van der Waals surface area contributed by atoms with Gasteiger partial charge in [-0.3, -0.25) is 9.59 Å². The summed E-state index contributed by atoms with van der Waals surface area (Å²) < 4.78 is 7.14. The number of aromatic nitrogens is 4. The summed E-state index contributed by atoms with van der Waals surface area (Å²) in [7, 11) is 0. The molecule has 0 bridgehead atoms. The lowest BCUT2D eigenvalue weighted by Gasteiger charge is -2.07. The average Bonchev–Trinajstić information content (AvgIpc) is 3.22. The molecular weight excluding hydrogens is 426 g/mol. The van der Waals surface area contributed by atoms with E-state index in [-0.39, 0.29) is 17.4 Å². The molecule has 2 heterocycles. The standard InChI is InChI=1S/C23H21N5O3S/c1-3-31-19-9-7-16(8-10-19)23-26-25-20-11-12-22(27-28(20)23)32-14-21(30)24-18-6-4-5-17(13-18)15(2)29/h4-13H,3,14H2,1-2H3,(H,24,30). The van der Waals surface area contributed by atoms with Gasteiger partial charge in [-0.05, 0) is 62.4 Å². The van der Waals surface area contributed by atoms with Crippen molar-refractivity contribution in [2.75, 3.05) is 17.7 Å². The number of anilines is 1. The molecule has 0 aliphatic heterocycles. The fraction of sp³-hybridized carbons (Fsp3) is 0.174. The molecular formula is C23H21N5O3S. The van der Waals surface area contributed by atoms with E-state index in [9.17, 15) is 9.59 Å². The van der Waals surface area contributed by atoms with Gasteiger partial charge in [-0.1, -0.05) is 23.9 Å². The lowest BCUT2D eigenvalue weighted by Crippen LogP contribution is -2.14. The number of ether oxygens (including phenoxy) is 1. The third kappa shape index (κ3) is 4.94. The minimum Gasteiger partial charge on any atom is -0.494 e. The van der Waals surface area contributed by atoms with Crippen LogP contribution in [0.25, 0.3) is 17.0 Å². The quantitative estimate of drug-likeness (QED) is 0.320. The summed E-state index contributed by atoms with van der Waals surface area (Å²) in [5.74, 6) is 1.33. The minimum atomic E-state index is -0.187. The topological polar surface area (TPSA) is 98.5 Å². The Balaban J connectivity index is 1.46. The fourth-order valence-corrected chi connectivity index (χ4v) is 3.70. The van der Waals surface area contributed by atoms with E-state index in [1.165, 1.54) is 18.7 Å². The Morgan fingerprint density at radius 3 is 2.62 bits per heavy atom. The SMILES string of the molecule is CCOc1ccc(-c2nnc3ccc(SCC(=O)Nc4cccc(C(C)=O)c4)nn23)cc1. The fourth-order valence-electron chi connectivity index (χ4n) is 3.05. The number of hydrogen-bond donors (Lipinski definition) is 1. The van der Waals surface area contributed by atoms with Gasteiger partial charge in [-0.2, -0.15) is 9.61 Å². The number of nitrogens with zero attached hydrogens (tertiary/aromatic N) is 4. The number of rotatable bonds is 8. The molecule has 162 valence electrons. The van der Waals surface area contributed by atoms with Gasteiger partial charge in [0.05, 0.1) is 12.4 Å². The van der Waals surface area contributed by atoms with E-state index >= 15 is 0 Å². The number of carbonyl (C=O) groups is 2. The molecule has 8 nitrogen and oxygen atoms in total.